The fourth-order valence-electron chi connectivity index (χ4n) is 3.77. The van der Waals surface area contributed by atoms with Crippen LogP contribution >= 0.6 is 0 Å². The number of hydrogen-bond donors (Lipinski definition) is 0. The number of esters is 1. The molecular formula is C19H28ClNO3. The van der Waals surface area contributed by atoms with Gasteiger partial charge in [-0.2, -0.15) is 0 Å². The molecular weight excluding hydrogens is 326 g/mol. The van der Waals surface area contributed by atoms with Crippen LogP contribution < -0.4 is 12.4 Å². The number of carbonyl (C=O) groups excluding carboxylic acids is 1. The van der Waals surface area contributed by atoms with Gasteiger partial charge in [-0.05, 0) is 24.3 Å². The lowest BCUT2D eigenvalue weighted by Gasteiger charge is -2.37. The van der Waals surface area contributed by atoms with E-state index in [1.807, 2.05) is 18.2 Å². The number of nitrogens with zero attached hydrogens (tertiary/aromatic N) is 1. The summed E-state index contributed by atoms with van der Waals surface area (Å²) in [6, 6.07) is 10.2. The van der Waals surface area contributed by atoms with Gasteiger partial charge in [0.15, 0.2) is 0 Å². The maximum absolute atomic E-state index is 12.9. The summed E-state index contributed by atoms with van der Waals surface area (Å²) in [5.41, 5.74) is 1.11. The van der Waals surface area contributed by atoms with Crippen molar-refractivity contribution in [3.05, 3.63) is 35.9 Å². The molecule has 0 aromatic heterocycles. The van der Waals surface area contributed by atoms with Crippen LogP contribution in [0.1, 0.15) is 37.2 Å². The van der Waals surface area contributed by atoms with Crippen molar-refractivity contribution in [2.24, 2.45) is 5.92 Å². The first-order valence-corrected chi connectivity index (χ1v) is 8.81. The maximum atomic E-state index is 12.9. The van der Waals surface area contributed by atoms with Gasteiger partial charge in [-0.3, -0.25) is 9.28 Å². The standard InChI is InChI=1S/C19H28NO3.ClH/c1-20(11-13-22-14-12-20)15-23-19(21)18(17-9-5-6-10-17)16-7-3-2-4-8-16;/h2-4,7-8,17-18H,5-6,9-15H2,1H3;1H/q+1;/p-1. The van der Waals surface area contributed by atoms with Gasteiger partial charge in [-0.15, -0.1) is 0 Å². The summed E-state index contributed by atoms with van der Waals surface area (Å²) in [7, 11) is 2.14. The molecule has 1 heterocycles. The van der Waals surface area contributed by atoms with E-state index in [9.17, 15) is 4.79 Å². The van der Waals surface area contributed by atoms with E-state index in [-0.39, 0.29) is 24.3 Å². The lowest BCUT2D eigenvalue weighted by Crippen LogP contribution is -3.00. The molecule has 0 bridgehead atoms. The Morgan fingerprint density at radius 1 is 1.21 bits per heavy atom. The number of likely N-dealkylation sites (N-methyl/N-ethyl adjacent to an activating group) is 1. The van der Waals surface area contributed by atoms with Crippen LogP contribution in [-0.2, 0) is 14.3 Å². The molecule has 0 amide bonds. The third-order valence-electron chi connectivity index (χ3n) is 5.35. The molecule has 3 rings (SSSR count). The molecule has 1 aliphatic heterocycles. The Hall–Kier alpha value is -1.10. The van der Waals surface area contributed by atoms with Crippen LogP contribution in [0.4, 0.5) is 0 Å². The van der Waals surface area contributed by atoms with Crippen molar-refractivity contribution in [3.8, 4) is 0 Å². The lowest BCUT2D eigenvalue weighted by molar-refractivity contribution is -0.932. The molecule has 2 aliphatic rings. The number of rotatable bonds is 5. The van der Waals surface area contributed by atoms with Crippen LogP contribution in [0, 0.1) is 5.92 Å². The van der Waals surface area contributed by atoms with Crippen LogP contribution in [-0.4, -0.2) is 50.5 Å². The van der Waals surface area contributed by atoms with Gasteiger partial charge >= 0.3 is 5.97 Å². The van der Waals surface area contributed by atoms with E-state index in [4.69, 9.17) is 9.47 Å². The fraction of sp³-hybridized carbons (Fsp3) is 0.632. The van der Waals surface area contributed by atoms with Gasteiger partial charge in [0.1, 0.15) is 13.1 Å². The molecule has 1 unspecified atom stereocenters. The molecule has 1 aliphatic carbocycles. The number of halogens is 1. The zero-order chi connectivity index (χ0) is 16.1. The first kappa shape index (κ1) is 19.2. The summed E-state index contributed by atoms with van der Waals surface area (Å²) >= 11 is 0. The van der Waals surface area contributed by atoms with E-state index in [2.05, 4.69) is 19.2 Å². The largest absolute Gasteiger partial charge is 1.00 e. The molecule has 1 aromatic rings. The van der Waals surface area contributed by atoms with Crippen LogP contribution in [0.5, 0.6) is 0 Å². The van der Waals surface area contributed by atoms with E-state index in [0.29, 0.717) is 12.6 Å². The Bertz CT molecular complexity index is 511. The van der Waals surface area contributed by atoms with Gasteiger partial charge in [0, 0.05) is 0 Å². The summed E-state index contributed by atoms with van der Waals surface area (Å²) in [5, 5.41) is 0. The first-order chi connectivity index (χ1) is 11.2. The van der Waals surface area contributed by atoms with Crippen LogP contribution in [0.3, 0.4) is 0 Å². The van der Waals surface area contributed by atoms with Gasteiger partial charge in [0.2, 0.25) is 6.73 Å². The maximum Gasteiger partial charge on any atom is 0.317 e. The Morgan fingerprint density at radius 2 is 1.83 bits per heavy atom. The van der Waals surface area contributed by atoms with E-state index >= 15 is 0 Å². The summed E-state index contributed by atoms with van der Waals surface area (Å²) in [4.78, 5) is 12.9. The minimum Gasteiger partial charge on any atom is -1.00 e. The molecule has 2 fully saturated rings. The van der Waals surface area contributed by atoms with Crippen molar-refractivity contribution >= 4 is 5.97 Å². The Balaban J connectivity index is 0.00000208. The SMILES string of the molecule is C[N+]1(COC(=O)C(c2ccccc2)C2CCCC2)CCOCC1.[Cl-]. The minimum absolute atomic E-state index is 0. The highest BCUT2D eigenvalue weighted by Crippen LogP contribution is 2.38. The minimum atomic E-state index is -0.105. The molecule has 1 atom stereocenters. The van der Waals surface area contributed by atoms with Crippen LogP contribution in [0.15, 0.2) is 30.3 Å². The second kappa shape index (κ2) is 8.84. The lowest BCUT2D eigenvalue weighted by atomic mass is 9.85. The van der Waals surface area contributed by atoms with Crippen LogP contribution in [0.25, 0.3) is 0 Å². The van der Waals surface area contributed by atoms with Crippen molar-refractivity contribution in [3.63, 3.8) is 0 Å². The Morgan fingerprint density at radius 3 is 2.46 bits per heavy atom. The van der Waals surface area contributed by atoms with E-state index in [0.717, 1.165) is 49.2 Å². The smallest absolute Gasteiger partial charge is 0.317 e. The highest BCUT2D eigenvalue weighted by molar-refractivity contribution is 5.78. The second-order valence-corrected chi connectivity index (χ2v) is 7.20. The van der Waals surface area contributed by atoms with Crippen molar-refractivity contribution in [1.82, 2.24) is 0 Å². The third kappa shape index (κ3) is 4.71. The van der Waals surface area contributed by atoms with E-state index in [1.165, 1.54) is 12.8 Å². The summed E-state index contributed by atoms with van der Waals surface area (Å²) < 4.78 is 12.0. The van der Waals surface area contributed by atoms with E-state index in [1.54, 1.807) is 0 Å². The van der Waals surface area contributed by atoms with Gasteiger partial charge < -0.3 is 21.9 Å². The second-order valence-electron chi connectivity index (χ2n) is 7.20. The topological polar surface area (TPSA) is 35.5 Å². The molecule has 24 heavy (non-hydrogen) atoms. The molecule has 1 saturated heterocycles. The average Bonchev–Trinajstić information content (AvgIpc) is 3.09. The quantitative estimate of drug-likeness (QED) is 0.549. The van der Waals surface area contributed by atoms with E-state index < -0.39 is 0 Å². The summed E-state index contributed by atoms with van der Waals surface area (Å²) in [6.07, 6.45) is 4.72. The Kier molecular flexibility index (Phi) is 7.08. The molecule has 0 spiro atoms. The Labute approximate surface area is 151 Å². The summed E-state index contributed by atoms with van der Waals surface area (Å²) in [5.74, 6) is 0.278. The highest BCUT2D eigenvalue weighted by atomic mass is 35.5. The number of quaternary nitrogens is 1. The normalized spacial score (nSPS) is 21.7. The zero-order valence-electron chi connectivity index (χ0n) is 14.5. The molecule has 1 aromatic carbocycles. The summed E-state index contributed by atoms with van der Waals surface area (Å²) in [6.45, 7) is 3.77. The van der Waals surface area contributed by atoms with Crippen molar-refractivity contribution < 1.29 is 31.2 Å². The van der Waals surface area contributed by atoms with Crippen molar-refractivity contribution in [2.45, 2.75) is 31.6 Å². The number of hydrogen-bond acceptors (Lipinski definition) is 3. The monoisotopic (exact) mass is 353 g/mol. The van der Waals surface area contributed by atoms with Crippen molar-refractivity contribution in [1.29, 1.82) is 0 Å². The predicted octanol–water partition coefficient (Wildman–Crippen LogP) is -0.0581. The number of carbonyl (C=O) groups is 1. The van der Waals surface area contributed by atoms with Gasteiger partial charge in [0.25, 0.3) is 0 Å². The predicted molar refractivity (Wildman–Crippen MR) is 88.8 cm³/mol. The molecule has 4 nitrogen and oxygen atoms in total. The molecule has 134 valence electrons. The van der Waals surface area contributed by atoms with Crippen LogP contribution in [0.2, 0.25) is 0 Å². The van der Waals surface area contributed by atoms with Crippen molar-refractivity contribution in [2.75, 3.05) is 40.1 Å². The average molecular weight is 354 g/mol. The fourth-order valence-corrected chi connectivity index (χ4v) is 3.77. The first-order valence-electron chi connectivity index (χ1n) is 8.81. The molecule has 1 saturated carbocycles. The van der Waals surface area contributed by atoms with Gasteiger partial charge in [-0.1, -0.05) is 43.2 Å². The molecule has 0 N–H and O–H groups in total. The van der Waals surface area contributed by atoms with Gasteiger partial charge in [0.05, 0.1) is 26.2 Å². The third-order valence-corrected chi connectivity index (χ3v) is 5.35. The van der Waals surface area contributed by atoms with Gasteiger partial charge in [-0.25, -0.2) is 0 Å². The zero-order valence-corrected chi connectivity index (χ0v) is 15.2. The molecule has 5 heteroatoms. The highest BCUT2D eigenvalue weighted by Gasteiger charge is 2.35. The number of morpholine rings is 1. The number of ether oxygens (including phenoxy) is 2. The number of benzene rings is 1. The molecule has 0 radical (unpaired) electrons.